The number of hydrogen-bond acceptors (Lipinski definition) is 3. The van der Waals surface area contributed by atoms with Crippen LogP contribution in [-0.2, 0) is 5.41 Å². The highest BCUT2D eigenvalue weighted by molar-refractivity contribution is 5.48. The largest absolute Gasteiger partial charge is 0.372 e. The minimum Gasteiger partial charge on any atom is -0.372 e. The molecule has 3 heteroatoms. The third-order valence-corrected chi connectivity index (χ3v) is 6.55. The molecule has 27 heavy (non-hydrogen) atoms. The molecule has 3 rings (SSSR count). The quantitative estimate of drug-likeness (QED) is 0.768. The van der Waals surface area contributed by atoms with E-state index in [1.807, 2.05) is 0 Å². The van der Waals surface area contributed by atoms with Crippen LogP contribution in [0.1, 0.15) is 59.9 Å². The Morgan fingerprint density at radius 2 is 1.33 bits per heavy atom. The number of benzene rings is 1. The number of piperazine rings is 1. The molecule has 0 spiro atoms. The van der Waals surface area contributed by atoms with Crippen molar-refractivity contribution in [1.82, 2.24) is 9.80 Å². The van der Waals surface area contributed by atoms with Gasteiger partial charge in [0.25, 0.3) is 0 Å². The Hall–Kier alpha value is -1.06. The fourth-order valence-corrected chi connectivity index (χ4v) is 4.51. The van der Waals surface area contributed by atoms with Crippen LogP contribution in [0.3, 0.4) is 0 Å². The Morgan fingerprint density at radius 3 is 1.81 bits per heavy atom. The molecule has 0 unspecified atom stereocenters. The van der Waals surface area contributed by atoms with Gasteiger partial charge in [0.2, 0.25) is 0 Å². The zero-order valence-corrected chi connectivity index (χ0v) is 18.6. The van der Waals surface area contributed by atoms with Gasteiger partial charge in [-0.25, -0.2) is 0 Å². The molecule has 2 aliphatic heterocycles. The summed E-state index contributed by atoms with van der Waals surface area (Å²) in [5.74, 6) is 0.872. The Labute approximate surface area is 167 Å². The van der Waals surface area contributed by atoms with Crippen molar-refractivity contribution in [3.05, 3.63) is 29.8 Å². The average Bonchev–Trinajstić information content (AvgIpc) is 2.61. The summed E-state index contributed by atoms with van der Waals surface area (Å²) in [7, 11) is 0. The van der Waals surface area contributed by atoms with Crippen LogP contribution in [0.5, 0.6) is 0 Å². The number of rotatable bonds is 3. The van der Waals surface area contributed by atoms with Gasteiger partial charge in [-0.15, -0.1) is 0 Å². The van der Waals surface area contributed by atoms with Gasteiger partial charge >= 0.3 is 0 Å². The minimum atomic E-state index is 0.239. The normalized spacial score (nSPS) is 21.6. The van der Waals surface area contributed by atoms with Crippen LogP contribution in [0.15, 0.2) is 24.3 Å². The Bertz CT molecular complexity index is 578. The molecule has 0 atom stereocenters. The molecule has 0 aromatic heterocycles. The van der Waals surface area contributed by atoms with E-state index in [2.05, 4.69) is 80.5 Å². The molecule has 2 fully saturated rings. The van der Waals surface area contributed by atoms with Gasteiger partial charge in [-0.3, -0.25) is 4.90 Å². The lowest BCUT2D eigenvalue weighted by molar-refractivity contribution is 0.0533. The summed E-state index contributed by atoms with van der Waals surface area (Å²) in [6.07, 6.45) is 2.67. The van der Waals surface area contributed by atoms with Crippen molar-refractivity contribution in [2.45, 2.75) is 65.3 Å². The molecule has 0 N–H and O–H groups in total. The van der Waals surface area contributed by atoms with Gasteiger partial charge in [0.05, 0.1) is 0 Å². The van der Waals surface area contributed by atoms with E-state index >= 15 is 0 Å². The van der Waals surface area contributed by atoms with Crippen molar-refractivity contribution in [3.8, 4) is 0 Å². The molecule has 3 nitrogen and oxygen atoms in total. The van der Waals surface area contributed by atoms with E-state index in [1.165, 1.54) is 69.9 Å². The molecule has 0 amide bonds. The second-order valence-electron chi connectivity index (χ2n) is 10.7. The van der Waals surface area contributed by atoms with Crippen LogP contribution in [0.2, 0.25) is 0 Å². The molecule has 1 aromatic rings. The summed E-state index contributed by atoms with van der Waals surface area (Å²) in [4.78, 5) is 7.93. The Balaban J connectivity index is 1.44. The number of hydrogen-bond donors (Lipinski definition) is 0. The van der Waals surface area contributed by atoms with Crippen LogP contribution < -0.4 is 4.90 Å². The maximum absolute atomic E-state index is 2.71. The molecule has 0 aliphatic carbocycles. The number of anilines is 1. The molecule has 0 saturated carbocycles. The van der Waals surface area contributed by atoms with Crippen molar-refractivity contribution in [2.24, 2.45) is 5.92 Å². The highest BCUT2D eigenvalue weighted by Crippen LogP contribution is 2.28. The minimum absolute atomic E-state index is 0.239. The first-order valence-corrected chi connectivity index (χ1v) is 11.0. The van der Waals surface area contributed by atoms with E-state index < -0.39 is 0 Å². The van der Waals surface area contributed by atoms with Gasteiger partial charge in [0, 0.05) is 57.0 Å². The summed E-state index contributed by atoms with van der Waals surface area (Å²) >= 11 is 0. The lowest BCUT2D eigenvalue weighted by Gasteiger charge is -2.44. The van der Waals surface area contributed by atoms with Crippen molar-refractivity contribution < 1.29 is 0 Å². The molecular weight excluding hydrogens is 330 g/mol. The molecule has 0 bridgehead atoms. The van der Waals surface area contributed by atoms with Gasteiger partial charge < -0.3 is 9.80 Å². The zero-order chi connectivity index (χ0) is 19.7. The maximum Gasteiger partial charge on any atom is 0.0366 e. The van der Waals surface area contributed by atoms with Gasteiger partial charge in [-0.2, -0.15) is 0 Å². The van der Waals surface area contributed by atoms with Crippen LogP contribution in [0.4, 0.5) is 5.69 Å². The molecule has 0 radical (unpaired) electrons. The predicted octanol–water partition coefficient (Wildman–Crippen LogP) is 4.62. The van der Waals surface area contributed by atoms with Crippen LogP contribution >= 0.6 is 0 Å². The second kappa shape index (κ2) is 8.13. The second-order valence-corrected chi connectivity index (χ2v) is 10.7. The summed E-state index contributed by atoms with van der Waals surface area (Å²) < 4.78 is 0. The Kier molecular flexibility index (Phi) is 6.22. The first kappa shape index (κ1) is 20.7. The molecule has 2 heterocycles. The third-order valence-electron chi connectivity index (χ3n) is 6.55. The predicted molar refractivity (Wildman–Crippen MR) is 118 cm³/mol. The molecular formula is C24H41N3. The van der Waals surface area contributed by atoms with E-state index in [0.29, 0.717) is 5.54 Å². The summed E-state index contributed by atoms with van der Waals surface area (Å²) in [6.45, 7) is 22.5. The van der Waals surface area contributed by atoms with E-state index in [4.69, 9.17) is 0 Å². The molecule has 1 aromatic carbocycles. The van der Waals surface area contributed by atoms with Crippen molar-refractivity contribution in [3.63, 3.8) is 0 Å². The lowest BCUT2D eigenvalue weighted by Crippen LogP contribution is -2.54. The number of nitrogens with zero attached hydrogens (tertiary/aromatic N) is 3. The van der Waals surface area contributed by atoms with E-state index in [1.54, 1.807) is 0 Å². The summed E-state index contributed by atoms with van der Waals surface area (Å²) in [5.41, 5.74) is 3.39. The van der Waals surface area contributed by atoms with Crippen molar-refractivity contribution in [2.75, 3.05) is 50.7 Å². The van der Waals surface area contributed by atoms with E-state index in [9.17, 15) is 0 Å². The molecule has 2 aliphatic rings. The van der Waals surface area contributed by atoms with Gasteiger partial charge in [-0.1, -0.05) is 32.9 Å². The standard InChI is InChI=1S/C24H41N3/c1-23(2,3)21-7-9-22(10-8-21)26-13-11-20(12-14-26)19-25-15-17-27(18-16-25)24(4,5)6/h7-10,20H,11-19H2,1-6H3. The van der Waals surface area contributed by atoms with Crippen LogP contribution in [0, 0.1) is 5.92 Å². The SMILES string of the molecule is CC(C)(C)c1ccc(N2CCC(CN3CCN(C(C)(C)C)CC3)CC2)cc1. The first-order valence-electron chi connectivity index (χ1n) is 11.0. The van der Waals surface area contributed by atoms with E-state index in [0.717, 1.165) is 5.92 Å². The van der Waals surface area contributed by atoms with Crippen LogP contribution in [-0.4, -0.2) is 61.2 Å². The van der Waals surface area contributed by atoms with Crippen molar-refractivity contribution in [1.29, 1.82) is 0 Å². The maximum atomic E-state index is 2.71. The van der Waals surface area contributed by atoms with Gasteiger partial charge in [0.1, 0.15) is 0 Å². The third kappa shape index (κ3) is 5.48. The fraction of sp³-hybridized carbons (Fsp3) is 0.750. The lowest BCUT2D eigenvalue weighted by atomic mass is 9.87. The van der Waals surface area contributed by atoms with Crippen LogP contribution in [0.25, 0.3) is 0 Å². The van der Waals surface area contributed by atoms with Gasteiger partial charge in [-0.05, 0) is 62.6 Å². The van der Waals surface area contributed by atoms with Gasteiger partial charge in [0.15, 0.2) is 0 Å². The fourth-order valence-electron chi connectivity index (χ4n) is 4.51. The average molecular weight is 372 g/mol. The molecule has 152 valence electrons. The summed E-state index contributed by atoms with van der Waals surface area (Å²) in [6, 6.07) is 9.28. The number of piperidine rings is 1. The monoisotopic (exact) mass is 371 g/mol. The summed E-state index contributed by atoms with van der Waals surface area (Å²) in [5, 5.41) is 0. The Morgan fingerprint density at radius 1 is 0.778 bits per heavy atom. The van der Waals surface area contributed by atoms with Crippen molar-refractivity contribution >= 4 is 5.69 Å². The zero-order valence-electron chi connectivity index (χ0n) is 18.6. The molecule has 2 saturated heterocycles. The highest BCUT2D eigenvalue weighted by Gasteiger charge is 2.28. The van der Waals surface area contributed by atoms with E-state index in [-0.39, 0.29) is 5.41 Å². The first-order chi connectivity index (χ1) is 12.6. The topological polar surface area (TPSA) is 9.72 Å². The highest BCUT2D eigenvalue weighted by atomic mass is 15.3. The smallest absolute Gasteiger partial charge is 0.0366 e.